The van der Waals surface area contributed by atoms with Crippen LogP contribution >= 0.6 is 0 Å². The summed E-state index contributed by atoms with van der Waals surface area (Å²) >= 11 is 0. The van der Waals surface area contributed by atoms with Crippen LogP contribution in [0.15, 0.2) is 11.6 Å². The fraction of sp³-hybridized carbons (Fsp3) is 0.727. The van der Waals surface area contributed by atoms with Crippen molar-refractivity contribution in [2.24, 2.45) is 0 Å². The van der Waals surface area contributed by atoms with Crippen LogP contribution < -0.4 is 0 Å². The molecule has 2 fully saturated rings. The summed E-state index contributed by atoms with van der Waals surface area (Å²) < 4.78 is 10.4. The standard InChI is InChI=1S/C11H16O3/c1-13-10(12)7-9-3-6-14-11(8-9)4-2-5-11/h7H,2-6,8H2,1H3/b9-7-. The van der Waals surface area contributed by atoms with Gasteiger partial charge < -0.3 is 9.47 Å². The summed E-state index contributed by atoms with van der Waals surface area (Å²) in [6.45, 7) is 0.753. The van der Waals surface area contributed by atoms with Gasteiger partial charge in [-0.2, -0.15) is 0 Å². The lowest BCUT2D eigenvalue weighted by Crippen LogP contribution is -2.43. The van der Waals surface area contributed by atoms with Crippen LogP contribution in [0.1, 0.15) is 32.1 Å². The topological polar surface area (TPSA) is 35.5 Å². The van der Waals surface area contributed by atoms with Crippen LogP contribution in [0.4, 0.5) is 0 Å². The zero-order chi connectivity index (χ0) is 10.0. The van der Waals surface area contributed by atoms with Gasteiger partial charge in [0.1, 0.15) is 0 Å². The molecule has 1 saturated carbocycles. The summed E-state index contributed by atoms with van der Waals surface area (Å²) in [5, 5.41) is 0. The van der Waals surface area contributed by atoms with Gasteiger partial charge in [0.05, 0.1) is 19.3 Å². The molecule has 0 aromatic rings. The lowest BCUT2D eigenvalue weighted by molar-refractivity contribution is -0.135. The van der Waals surface area contributed by atoms with E-state index >= 15 is 0 Å². The minimum Gasteiger partial charge on any atom is -0.466 e. The molecule has 1 saturated heterocycles. The molecule has 0 bridgehead atoms. The Hall–Kier alpha value is -0.830. The predicted molar refractivity (Wildman–Crippen MR) is 51.9 cm³/mol. The summed E-state index contributed by atoms with van der Waals surface area (Å²) in [5.41, 5.74) is 1.26. The number of methoxy groups -OCH3 is 1. The Morgan fingerprint density at radius 2 is 2.36 bits per heavy atom. The Morgan fingerprint density at radius 3 is 2.93 bits per heavy atom. The molecular weight excluding hydrogens is 180 g/mol. The highest BCUT2D eigenvalue weighted by Crippen LogP contribution is 2.43. The molecule has 0 unspecified atom stereocenters. The molecule has 1 aliphatic heterocycles. The maximum absolute atomic E-state index is 11.1. The molecule has 0 atom stereocenters. The zero-order valence-electron chi connectivity index (χ0n) is 8.54. The molecule has 3 heteroatoms. The minimum atomic E-state index is -0.239. The first-order valence-corrected chi connectivity index (χ1v) is 5.15. The average Bonchev–Trinajstić information content (AvgIpc) is 2.16. The second-order valence-corrected chi connectivity index (χ2v) is 4.14. The van der Waals surface area contributed by atoms with Crippen molar-refractivity contribution in [3.63, 3.8) is 0 Å². The molecule has 0 aromatic carbocycles. The number of ether oxygens (including phenoxy) is 2. The molecule has 3 nitrogen and oxygen atoms in total. The van der Waals surface area contributed by atoms with Crippen molar-refractivity contribution in [1.29, 1.82) is 0 Å². The van der Waals surface area contributed by atoms with Gasteiger partial charge in [0.15, 0.2) is 0 Å². The number of rotatable bonds is 1. The molecule has 0 radical (unpaired) electrons. The van der Waals surface area contributed by atoms with Crippen LogP contribution in [-0.2, 0) is 14.3 Å². The van der Waals surface area contributed by atoms with Crippen molar-refractivity contribution in [2.75, 3.05) is 13.7 Å². The summed E-state index contributed by atoms with van der Waals surface area (Å²) in [6, 6.07) is 0. The highest BCUT2D eigenvalue weighted by atomic mass is 16.5. The van der Waals surface area contributed by atoms with Crippen molar-refractivity contribution in [1.82, 2.24) is 0 Å². The van der Waals surface area contributed by atoms with Gasteiger partial charge in [-0.05, 0) is 32.1 Å². The highest BCUT2D eigenvalue weighted by molar-refractivity contribution is 5.82. The van der Waals surface area contributed by atoms with Gasteiger partial charge in [-0.25, -0.2) is 4.79 Å². The number of carbonyl (C=O) groups excluding carboxylic acids is 1. The van der Waals surface area contributed by atoms with E-state index in [0.29, 0.717) is 0 Å². The lowest BCUT2D eigenvalue weighted by atomic mass is 9.74. The molecule has 1 aliphatic carbocycles. The van der Waals surface area contributed by atoms with E-state index in [2.05, 4.69) is 4.74 Å². The average molecular weight is 196 g/mol. The van der Waals surface area contributed by atoms with Crippen molar-refractivity contribution in [3.05, 3.63) is 11.6 Å². The number of carbonyl (C=O) groups is 1. The minimum absolute atomic E-state index is 0.0815. The third-order valence-corrected chi connectivity index (χ3v) is 3.17. The second kappa shape index (κ2) is 3.73. The molecule has 1 heterocycles. The van der Waals surface area contributed by atoms with E-state index in [9.17, 15) is 4.79 Å². The molecule has 0 N–H and O–H groups in total. The zero-order valence-corrected chi connectivity index (χ0v) is 8.54. The first kappa shape index (κ1) is 9.71. The van der Waals surface area contributed by atoms with Crippen molar-refractivity contribution >= 4 is 5.97 Å². The van der Waals surface area contributed by atoms with E-state index in [1.165, 1.54) is 19.1 Å². The molecule has 0 aromatic heterocycles. The summed E-state index contributed by atoms with van der Waals surface area (Å²) in [5.74, 6) is -0.239. The Bertz CT molecular complexity index is 264. The van der Waals surface area contributed by atoms with E-state index in [-0.39, 0.29) is 11.6 Å². The molecule has 2 rings (SSSR count). The van der Waals surface area contributed by atoms with Crippen LogP contribution in [-0.4, -0.2) is 25.3 Å². The summed E-state index contributed by atoms with van der Waals surface area (Å²) in [7, 11) is 1.41. The van der Waals surface area contributed by atoms with Crippen LogP contribution in [0.5, 0.6) is 0 Å². The quantitative estimate of drug-likeness (QED) is 0.474. The van der Waals surface area contributed by atoms with Gasteiger partial charge in [-0.15, -0.1) is 0 Å². The fourth-order valence-corrected chi connectivity index (χ4v) is 2.19. The van der Waals surface area contributed by atoms with E-state index in [4.69, 9.17) is 4.74 Å². The van der Waals surface area contributed by atoms with Crippen LogP contribution in [0.2, 0.25) is 0 Å². The van der Waals surface area contributed by atoms with E-state index in [1.807, 2.05) is 0 Å². The van der Waals surface area contributed by atoms with Gasteiger partial charge in [-0.1, -0.05) is 5.57 Å². The van der Waals surface area contributed by atoms with Gasteiger partial charge in [0.2, 0.25) is 0 Å². The Morgan fingerprint density at radius 1 is 1.57 bits per heavy atom. The van der Waals surface area contributed by atoms with Crippen molar-refractivity contribution in [2.45, 2.75) is 37.7 Å². The van der Waals surface area contributed by atoms with Crippen molar-refractivity contribution < 1.29 is 14.3 Å². The van der Waals surface area contributed by atoms with Crippen molar-refractivity contribution in [3.8, 4) is 0 Å². The molecule has 14 heavy (non-hydrogen) atoms. The lowest BCUT2D eigenvalue weighted by Gasteiger charge is -2.45. The van der Waals surface area contributed by atoms with E-state index in [0.717, 1.165) is 32.3 Å². The van der Waals surface area contributed by atoms with Crippen LogP contribution in [0.25, 0.3) is 0 Å². The van der Waals surface area contributed by atoms with E-state index in [1.54, 1.807) is 6.08 Å². The molecular formula is C11H16O3. The second-order valence-electron chi connectivity index (χ2n) is 4.14. The maximum atomic E-state index is 11.1. The molecule has 2 aliphatic rings. The third kappa shape index (κ3) is 1.82. The Kier molecular flexibility index (Phi) is 2.59. The fourth-order valence-electron chi connectivity index (χ4n) is 2.19. The number of hydrogen-bond donors (Lipinski definition) is 0. The largest absolute Gasteiger partial charge is 0.466 e. The van der Waals surface area contributed by atoms with Gasteiger partial charge in [-0.3, -0.25) is 0 Å². The van der Waals surface area contributed by atoms with Gasteiger partial charge >= 0.3 is 5.97 Å². The molecule has 78 valence electrons. The first-order chi connectivity index (χ1) is 6.74. The van der Waals surface area contributed by atoms with Crippen LogP contribution in [0.3, 0.4) is 0 Å². The third-order valence-electron chi connectivity index (χ3n) is 3.17. The molecule has 1 spiro atoms. The maximum Gasteiger partial charge on any atom is 0.330 e. The molecule has 0 amide bonds. The normalized spacial score (nSPS) is 27.4. The summed E-state index contributed by atoms with van der Waals surface area (Å²) in [6.07, 6.45) is 6.96. The number of hydrogen-bond acceptors (Lipinski definition) is 3. The van der Waals surface area contributed by atoms with Gasteiger partial charge in [0.25, 0.3) is 0 Å². The smallest absolute Gasteiger partial charge is 0.330 e. The Balaban J connectivity index is 2.00. The van der Waals surface area contributed by atoms with E-state index < -0.39 is 0 Å². The first-order valence-electron chi connectivity index (χ1n) is 5.15. The van der Waals surface area contributed by atoms with Gasteiger partial charge in [0, 0.05) is 6.08 Å². The summed E-state index contributed by atoms with van der Waals surface area (Å²) in [4.78, 5) is 11.1. The van der Waals surface area contributed by atoms with Crippen LogP contribution in [0, 0.1) is 0 Å². The Labute approximate surface area is 84.1 Å². The number of esters is 1. The highest BCUT2D eigenvalue weighted by Gasteiger charge is 2.40. The monoisotopic (exact) mass is 196 g/mol. The SMILES string of the molecule is COC(=O)/C=C1/CCOC2(CCC2)C1. The predicted octanol–water partition coefficient (Wildman–Crippen LogP) is 1.82.